The summed E-state index contributed by atoms with van der Waals surface area (Å²) in [5.41, 5.74) is 0.987. The van der Waals surface area contributed by atoms with E-state index >= 15 is 0 Å². The number of anilines is 1. The number of carbonyl (C=O) groups is 2. The van der Waals surface area contributed by atoms with Crippen LogP contribution in [0.2, 0.25) is 0 Å². The van der Waals surface area contributed by atoms with Gasteiger partial charge >= 0.3 is 5.97 Å². The van der Waals surface area contributed by atoms with E-state index < -0.39 is 22.0 Å². The van der Waals surface area contributed by atoms with Crippen LogP contribution in [0.1, 0.15) is 32.8 Å². The van der Waals surface area contributed by atoms with Crippen molar-refractivity contribution in [3.05, 3.63) is 23.8 Å². The molecule has 0 aliphatic heterocycles. The van der Waals surface area contributed by atoms with Gasteiger partial charge in [0.1, 0.15) is 0 Å². The number of halogens is 1. The highest BCUT2D eigenvalue weighted by atomic mass is 35.5. The topological polar surface area (TPSA) is 107 Å². The number of carboxylic acids is 1. The quantitative estimate of drug-likeness (QED) is 0.583. The lowest BCUT2D eigenvalue weighted by molar-refractivity contribution is -0.137. The minimum Gasteiger partial charge on any atom is -0.481 e. The van der Waals surface area contributed by atoms with Gasteiger partial charge in [0.2, 0.25) is 15.9 Å². The number of aliphatic carboxylic acids is 1. The summed E-state index contributed by atoms with van der Waals surface area (Å²) < 4.78 is 27.0. The molecule has 1 atom stereocenters. The molecular weight excluding hydrogens is 406 g/mol. The molecule has 0 heterocycles. The molecule has 0 radical (unpaired) electrons. The first-order valence-corrected chi connectivity index (χ1v) is 10.3. The number of aryl methyl sites for hydroxylation is 1. The first-order valence-electron chi connectivity index (χ1n) is 8.88. The van der Waals surface area contributed by atoms with Crippen molar-refractivity contribution in [1.82, 2.24) is 9.21 Å². The lowest BCUT2D eigenvalue weighted by atomic mass is 10.2. The number of hydrogen-bond acceptors (Lipinski definition) is 5. The Morgan fingerprint density at radius 1 is 1.21 bits per heavy atom. The SMILES string of the molecule is CCN(CC)S(=O)(=O)c1cc(NC(=O)C(C)N(C)CCC(=O)O)ccc1C.Cl. The Kier molecular flexibility index (Phi) is 10.7. The maximum Gasteiger partial charge on any atom is 0.304 e. The molecule has 1 unspecified atom stereocenters. The van der Waals surface area contributed by atoms with Crippen LogP contribution in [0.3, 0.4) is 0 Å². The molecule has 0 aliphatic carbocycles. The fourth-order valence-corrected chi connectivity index (χ4v) is 4.28. The van der Waals surface area contributed by atoms with E-state index in [1.165, 1.54) is 10.4 Å². The van der Waals surface area contributed by atoms with E-state index in [2.05, 4.69) is 5.32 Å². The first-order chi connectivity index (χ1) is 12.5. The minimum atomic E-state index is -3.64. The van der Waals surface area contributed by atoms with E-state index in [9.17, 15) is 18.0 Å². The summed E-state index contributed by atoms with van der Waals surface area (Å²) in [7, 11) is -1.97. The molecule has 1 aromatic rings. The number of nitrogens with one attached hydrogen (secondary N) is 1. The number of carbonyl (C=O) groups excluding carboxylic acids is 1. The fraction of sp³-hybridized carbons (Fsp3) is 0.556. The monoisotopic (exact) mass is 435 g/mol. The second kappa shape index (κ2) is 11.4. The number of sulfonamides is 1. The zero-order valence-electron chi connectivity index (χ0n) is 16.9. The maximum absolute atomic E-state index is 12.8. The van der Waals surface area contributed by atoms with Gasteiger partial charge in [0.15, 0.2) is 0 Å². The summed E-state index contributed by atoms with van der Waals surface area (Å²) in [5, 5.41) is 11.5. The van der Waals surface area contributed by atoms with E-state index in [4.69, 9.17) is 5.11 Å². The van der Waals surface area contributed by atoms with Crippen LogP contribution < -0.4 is 5.32 Å². The van der Waals surface area contributed by atoms with E-state index in [0.717, 1.165) is 0 Å². The lowest BCUT2D eigenvalue weighted by Gasteiger charge is -2.24. The highest BCUT2D eigenvalue weighted by Crippen LogP contribution is 2.24. The normalized spacial score (nSPS) is 12.5. The molecule has 0 saturated carbocycles. The molecule has 1 rings (SSSR count). The Morgan fingerprint density at radius 3 is 2.29 bits per heavy atom. The van der Waals surface area contributed by atoms with Crippen LogP contribution >= 0.6 is 12.4 Å². The third kappa shape index (κ3) is 6.73. The molecule has 10 heteroatoms. The fourth-order valence-electron chi connectivity index (χ4n) is 2.57. The molecule has 0 aliphatic rings. The van der Waals surface area contributed by atoms with Crippen LogP contribution in [0.15, 0.2) is 23.1 Å². The Balaban J connectivity index is 0.00000729. The molecule has 160 valence electrons. The predicted molar refractivity (Wildman–Crippen MR) is 112 cm³/mol. The maximum atomic E-state index is 12.8. The van der Waals surface area contributed by atoms with Crippen LogP contribution in [0.4, 0.5) is 5.69 Å². The van der Waals surface area contributed by atoms with Gasteiger partial charge in [0.05, 0.1) is 17.4 Å². The van der Waals surface area contributed by atoms with Gasteiger partial charge in [-0.25, -0.2) is 8.42 Å². The lowest BCUT2D eigenvalue weighted by Crippen LogP contribution is -2.40. The Morgan fingerprint density at radius 2 is 1.79 bits per heavy atom. The Hall–Kier alpha value is -1.68. The number of amides is 1. The van der Waals surface area contributed by atoms with Crippen molar-refractivity contribution in [2.45, 2.75) is 45.1 Å². The van der Waals surface area contributed by atoms with Gasteiger partial charge in [-0.2, -0.15) is 4.31 Å². The molecule has 0 aromatic heterocycles. The largest absolute Gasteiger partial charge is 0.481 e. The summed E-state index contributed by atoms with van der Waals surface area (Å²) >= 11 is 0. The number of likely N-dealkylation sites (N-methyl/N-ethyl adjacent to an activating group) is 1. The van der Waals surface area contributed by atoms with Gasteiger partial charge < -0.3 is 10.4 Å². The van der Waals surface area contributed by atoms with Gasteiger partial charge in [-0.05, 0) is 38.6 Å². The smallest absolute Gasteiger partial charge is 0.304 e. The summed E-state index contributed by atoms with van der Waals surface area (Å²) in [6, 6.07) is 4.21. The van der Waals surface area contributed by atoms with Gasteiger partial charge in [-0.1, -0.05) is 19.9 Å². The van der Waals surface area contributed by atoms with Crippen molar-refractivity contribution < 1.29 is 23.1 Å². The second-order valence-corrected chi connectivity index (χ2v) is 8.27. The van der Waals surface area contributed by atoms with Crippen molar-refractivity contribution in [2.75, 3.05) is 32.0 Å². The van der Waals surface area contributed by atoms with Crippen molar-refractivity contribution in [3.63, 3.8) is 0 Å². The van der Waals surface area contributed by atoms with Crippen LogP contribution in [0.25, 0.3) is 0 Å². The summed E-state index contributed by atoms with van der Waals surface area (Å²) in [6.07, 6.45) is -0.0646. The second-order valence-electron chi connectivity index (χ2n) is 6.36. The number of benzene rings is 1. The number of rotatable bonds is 10. The molecule has 8 nitrogen and oxygen atoms in total. The van der Waals surface area contributed by atoms with Crippen molar-refractivity contribution in [3.8, 4) is 0 Å². The highest BCUT2D eigenvalue weighted by molar-refractivity contribution is 7.89. The number of carboxylic acid groups (broad SMARTS) is 1. The van der Waals surface area contributed by atoms with Gasteiger partial charge in [-0.15, -0.1) is 12.4 Å². The van der Waals surface area contributed by atoms with Gasteiger partial charge in [0, 0.05) is 25.3 Å². The summed E-state index contributed by atoms with van der Waals surface area (Å²) in [6.45, 7) is 7.89. The van der Waals surface area contributed by atoms with Gasteiger partial charge in [-0.3, -0.25) is 14.5 Å². The summed E-state index contributed by atoms with van der Waals surface area (Å²) in [4.78, 5) is 24.9. The molecule has 1 amide bonds. The van der Waals surface area contributed by atoms with E-state index in [0.29, 0.717) is 24.3 Å². The van der Waals surface area contributed by atoms with Crippen LogP contribution in [0, 0.1) is 6.92 Å². The average Bonchev–Trinajstić information content (AvgIpc) is 2.61. The number of hydrogen-bond donors (Lipinski definition) is 2. The average molecular weight is 436 g/mol. The zero-order valence-corrected chi connectivity index (χ0v) is 18.6. The van der Waals surface area contributed by atoms with Crippen LogP contribution in [-0.4, -0.2) is 67.3 Å². The van der Waals surface area contributed by atoms with E-state index in [1.807, 2.05) is 0 Å². The van der Waals surface area contributed by atoms with E-state index in [-0.39, 0.29) is 36.2 Å². The van der Waals surface area contributed by atoms with Crippen LogP contribution in [0.5, 0.6) is 0 Å². The minimum absolute atomic E-state index is 0. The molecular formula is C18H30ClN3O5S. The molecule has 0 fully saturated rings. The van der Waals surface area contributed by atoms with Gasteiger partial charge in [0.25, 0.3) is 0 Å². The molecule has 2 N–H and O–H groups in total. The van der Waals surface area contributed by atoms with Crippen molar-refractivity contribution >= 4 is 40.0 Å². The zero-order chi connectivity index (χ0) is 20.8. The molecule has 28 heavy (non-hydrogen) atoms. The van der Waals surface area contributed by atoms with E-state index in [1.54, 1.807) is 51.8 Å². The summed E-state index contributed by atoms with van der Waals surface area (Å²) in [5.74, 6) is -1.27. The standard InChI is InChI=1S/C18H29N3O5S.ClH/c1-6-21(7-2)27(25,26)16-12-15(9-8-13(16)3)19-18(24)14(4)20(5)11-10-17(22)23;/h8-9,12,14H,6-7,10-11H2,1-5H3,(H,19,24)(H,22,23);1H. The molecule has 0 spiro atoms. The number of nitrogens with zero attached hydrogens (tertiary/aromatic N) is 2. The third-order valence-corrected chi connectivity index (χ3v) is 6.69. The van der Waals surface area contributed by atoms with Crippen molar-refractivity contribution in [1.29, 1.82) is 0 Å². The molecule has 1 aromatic carbocycles. The molecule has 0 saturated heterocycles. The Labute approximate surface area is 173 Å². The third-order valence-electron chi connectivity index (χ3n) is 4.50. The highest BCUT2D eigenvalue weighted by Gasteiger charge is 2.25. The van der Waals surface area contributed by atoms with Crippen LogP contribution in [-0.2, 0) is 19.6 Å². The molecule has 0 bridgehead atoms. The predicted octanol–water partition coefficient (Wildman–Crippen LogP) is 2.18. The van der Waals surface area contributed by atoms with Crippen molar-refractivity contribution in [2.24, 2.45) is 0 Å². The first kappa shape index (κ1) is 26.3. The Bertz CT molecular complexity index is 781.